The van der Waals surface area contributed by atoms with E-state index in [2.05, 4.69) is 26.0 Å². The molecule has 0 aliphatic carbocycles. The Hall–Kier alpha value is -1.18. The number of aliphatic hydroxyl groups excluding tert-OH is 1. The molecule has 0 radical (unpaired) electrons. The number of hydrogen-bond acceptors (Lipinski definition) is 5. The van der Waals surface area contributed by atoms with Crippen LogP contribution in [0.15, 0.2) is 24.3 Å². The molecule has 0 bridgehead atoms. The van der Waals surface area contributed by atoms with Crippen molar-refractivity contribution in [2.75, 3.05) is 6.61 Å². The number of thioether (sulfide) groups is 1. The monoisotopic (exact) mass is 550 g/mol. The minimum Gasteiger partial charge on any atom is -0.481 e. The largest absolute Gasteiger partial charge is 0.481 e. The Bertz CT molecular complexity index is 957. The molecule has 3 rings (SSSR count). The SMILES string of the molecule is CC(C)(CO)CCCC1CCC(=O)C(c2ccccc2C2CCCC(CCCC(C)(C)C(=O)O)S2=O)S1. The molecule has 5 nitrogen and oxygen atoms in total. The van der Waals surface area contributed by atoms with Gasteiger partial charge in [0.15, 0.2) is 0 Å². The van der Waals surface area contributed by atoms with Gasteiger partial charge in [-0.25, -0.2) is 0 Å². The van der Waals surface area contributed by atoms with Crippen LogP contribution >= 0.6 is 11.8 Å². The number of aliphatic hydroxyl groups is 1. The molecule has 2 aliphatic rings. The summed E-state index contributed by atoms with van der Waals surface area (Å²) in [6.07, 6.45) is 9.48. The predicted molar refractivity (Wildman–Crippen MR) is 153 cm³/mol. The van der Waals surface area contributed by atoms with Gasteiger partial charge in [0.05, 0.1) is 15.9 Å². The summed E-state index contributed by atoms with van der Waals surface area (Å²) < 4.78 is 13.7. The van der Waals surface area contributed by atoms with Gasteiger partial charge in [0.1, 0.15) is 5.78 Å². The van der Waals surface area contributed by atoms with Crippen molar-refractivity contribution in [1.29, 1.82) is 0 Å². The van der Waals surface area contributed by atoms with E-state index in [1.807, 2.05) is 12.1 Å². The van der Waals surface area contributed by atoms with Gasteiger partial charge in [0.2, 0.25) is 0 Å². The molecule has 2 aliphatic heterocycles. The third-order valence-electron chi connectivity index (χ3n) is 8.27. The van der Waals surface area contributed by atoms with Gasteiger partial charge in [0.25, 0.3) is 0 Å². The summed E-state index contributed by atoms with van der Waals surface area (Å²) in [5.41, 5.74) is 1.30. The second-order valence-electron chi connectivity index (χ2n) is 12.4. The standard InChI is InChI=1S/C30H46O5S2/c1-29(2,20-31)18-8-10-21-16-17-25(32)27(36-21)24-14-6-5-13-23(24)26-15-7-11-22(37(26)35)12-9-19-30(3,4)28(33)34/h5-6,13-14,21-22,26-27,31H,7-12,15-20H2,1-4H3,(H,33,34). The number of rotatable bonds is 12. The molecular weight excluding hydrogens is 504 g/mol. The quantitative estimate of drug-likeness (QED) is 0.291. The lowest BCUT2D eigenvalue weighted by molar-refractivity contribution is -0.147. The molecular formula is C30H46O5S2. The van der Waals surface area contributed by atoms with Gasteiger partial charge >= 0.3 is 5.97 Å². The molecule has 2 fully saturated rings. The van der Waals surface area contributed by atoms with Gasteiger partial charge in [-0.1, -0.05) is 57.4 Å². The second-order valence-corrected chi connectivity index (χ2v) is 15.7. The smallest absolute Gasteiger partial charge is 0.309 e. The van der Waals surface area contributed by atoms with E-state index in [1.165, 1.54) is 0 Å². The molecule has 0 spiro atoms. The van der Waals surface area contributed by atoms with Crippen LogP contribution in [0, 0.1) is 10.8 Å². The maximum absolute atomic E-state index is 13.7. The van der Waals surface area contributed by atoms with Crippen LogP contribution in [0.4, 0.5) is 0 Å². The third-order valence-corrected chi connectivity index (χ3v) is 12.1. The van der Waals surface area contributed by atoms with Crippen LogP contribution in [0.25, 0.3) is 0 Å². The van der Waals surface area contributed by atoms with Crippen molar-refractivity contribution in [1.82, 2.24) is 0 Å². The van der Waals surface area contributed by atoms with Crippen molar-refractivity contribution in [3.8, 4) is 0 Å². The molecule has 2 heterocycles. The first-order valence-electron chi connectivity index (χ1n) is 14.0. The first-order chi connectivity index (χ1) is 17.4. The summed E-state index contributed by atoms with van der Waals surface area (Å²) in [5.74, 6) is -0.507. The molecule has 5 atom stereocenters. The van der Waals surface area contributed by atoms with Gasteiger partial charge < -0.3 is 10.2 Å². The van der Waals surface area contributed by atoms with E-state index in [0.717, 1.165) is 68.9 Å². The molecule has 0 saturated carbocycles. The Morgan fingerprint density at radius 2 is 1.70 bits per heavy atom. The average molecular weight is 551 g/mol. The summed E-state index contributed by atoms with van der Waals surface area (Å²) in [7, 11) is -1.05. The molecule has 0 aromatic heterocycles. The van der Waals surface area contributed by atoms with Gasteiger partial charge in [-0.15, -0.1) is 11.8 Å². The van der Waals surface area contributed by atoms with Gasteiger partial charge in [0, 0.05) is 34.3 Å². The van der Waals surface area contributed by atoms with Crippen LogP contribution in [0.5, 0.6) is 0 Å². The zero-order valence-corrected chi connectivity index (χ0v) is 24.7. The van der Waals surface area contributed by atoms with Gasteiger partial charge in [-0.3, -0.25) is 13.8 Å². The highest BCUT2D eigenvalue weighted by Crippen LogP contribution is 2.47. The Morgan fingerprint density at radius 1 is 1.03 bits per heavy atom. The molecule has 5 unspecified atom stereocenters. The number of carbonyl (C=O) groups is 2. The zero-order valence-electron chi connectivity index (χ0n) is 23.0. The predicted octanol–water partition coefficient (Wildman–Crippen LogP) is 7.00. The Labute approximate surface area is 230 Å². The maximum atomic E-state index is 13.7. The molecule has 7 heteroatoms. The van der Waals surface area contributed by atoms with E-state index in [4.69, 9.17) is 0 Å². The van der Waals surface area contributed by atoms with Gasteiger partial charge in [-0.05, 0) is 75.3 Å². The average Bonchev–Trinajstić information content (AvgIpc) is 2.86. The van der Waals surface area contributed by atoms with E-state index in [0.29, 0.717) is 18.1 Å². The number of aliphatic carboxylic acids is 1. The molecule has 1 aromatic rings. The normalized spacial score (nSPS) is 27.3. The number of benzene rings is 1. The van der Waals surface area contributed by atoms with Crippen LogP contribution in [0.2, 0.25) is 0 Å². The molecule has 2 N–H and O–H groups in total. The summed E-state index contributed by atoms with van der Waals surface area (Å²) in [4.78, 5) is 24.6. The second kappa shape index (κ2) is 13.3. The molecule has 1 aromatic carbocycles. The summed E-state index contributed by atoms with van der Waals surface area (Å²) in [5, 5.41) is 19.2. The number of Topliss-reactive ketones (excluding diaryl/α,β-unsaturated/α-hetero) is 1. The van der Waals surface area contributed by atoms with Crippen molar-refractivity contribution in [2.45, 2.75) is 119 Å². The van der Waals surface area contributed by atoms with Crippen molar-refractivity contribution < 1.29 is 24.0 Å². The Morgan fingerprint density at radius 3 is 2.38 bits per heavy atom. The van der Waals surface area contributed by atoms with Crippen LogP contribution in [0.3, 0.4) is 0 Å². The zero-order chi connectivity index (χ0) is 27.2. The lowest BCUT2D eigenvalue weighted by Gasteiger charge is -2.34. The Balaban J connectivity index is 1.69. The van der Waals surface area contributed by atoms with Crippen LogP contribution in [0.1, 0.15) is 120 Å². The molecule has 0 amide bonds. The molecule has 208 valence electrons. The van der Waals surface area contributed by atoms with E-state index >= 15 is 0 Å². The number of hydrogen-bond donors (Lipinski definition) is 2. The third kappa shape index (κ3) is 8.15. The van der Waals surface area contributed by atoms with Crippen molar-refractivity contribution >= 4 is 34.3 Å². The van der Waals surface area contributed by atoms with E-state index < -0.39 is 22.2 Å². The highest BCUT2D eigenvalue weighted by Gasteiger charge is 2.37. The van der Waals surface area contributed by atoms with Crippen LogP contribution in [-0.4, -0.2) is 43.3 Å². The minimum atomic E-state index is -1.05. The van der Waals surface area contributed by atoms with E-state index in [-0.39, 0.29) is 33.6 Å². The van der Waals surface area contributed by atoms with Crippen molar-refractivity contribution in [3.05, 3.63) is 35.4 Å². The lowest BCUT2D eigenvalue weighted by atomic mass is 9.87. The number of carbonyl (C=O) groups excluding carboxylic acids is 1. The molecule has 37 heavy (non-hydrogen) atoms. The van der Waals surface area contributed by atoms with E-state index in [1.54, 1.807) is 25.6 Å². The van der Waals surface area contributed by atoms with Crippen LogP contribution in [-0.2, 0) is 20.4 Å². The van der Waals surface area contributed by atoms with Crippen LogP contribution < -0.4 is 0 Å². The topological polar surface area (TPSA) is 91.7 Å². The van der Waals surface area contributed by atoms with Gasteiger partial charge in [-0.2, -0.15) is 0 Å². The number of carboxylic acids is 1. The minimum absolute atomic E-state index is 0.0634. The highest BCUT2D eigenvalue weighted by molar-refractivity contribution is 8.00. The fourth-order valence-corrected chi connectivity index (χ4v) is 9.27. The van der Waals surface area contributed by atoms with Crippen molar-refractivity contribution in [3.63, 3.8) is 0 Å². The summed E-state index contributed by atoms with van der Waals surface area (Å²) in [6.45, 7) is 7.89. The fourth-order valence-electron chi connectivity index (χ4n) is 5.58. The maximum Gasteiger partial charge on any atom is 0.309 e. The number of ketones is 1. The Kier molecular flexibility index (Phi) is 10.9. The van der Waals surface area contributed by atoms with Crippen molar-refractivity contribution in [2.24, 2.45) is 10.8 Å². The summed E-state index contributed by atoms with van der Waals surface area (Å²) in [6, 6.07) is 8.14. The first-order valence-corrected chi connectivity index (χ1v) is 16.2. The first kappa shape index (κ1) is 30.4. The highest BCUT2D eigenvalue weighted by atomic mass is 32.2. The fraction of sp³-hybridized carbons (Fsp3) is 0.733. The number of carboxylic acid groups (broad SMARTS) is 1. The molecule has 2 saturated heterocycles. The lowest BCUT2D eigenvalue weighted by Crippen LogP contribution is -2.29. The summed E-state index contributed by atoms with van der Waals surface area (Å²) >= 11 is 1.78. The van der Waals surface area contributed by atoms with E-state index in [9.17, 15) is 24.0 Å².